The van der Waals surface area contributed by atoms with Gasteiger partial charge in [0.1, 0.15) is 12.1 Å². The largest absolute Gasteiger partial charge is 0.480 e. The summed E-state index contributed by atoms with van der Waals surface area (Å²) < 4.78 is 0. The van der Waals surface area contributed by atoms with Crippen LogP contribution in [0.5, 0.6) is 0 Å². The molecule has 0 spiro atoms. The fourth-order valence-corrected chi connectivity index (χ4v) is 1.40. The van der Waals surface area contributed by atoms with Crippen LogP contribution >= 0.6 is 0 Å². The Balaban J connectivity index is 4.47. The number of carboxylic acid groups (broad SMARTS) is 1. The minimum absolute atomic E-state index is 0.135. The first-order chi connectivity index (χ1) is 8.65. The molecule has 0 radical (unpaired) electrons. The molecule has 19 heavy (non-hydrogen) atoms. The van der Waals surface area contributed by atoms with E-state index in [-0.39, 0.29) is 5.92 Å². The number of carboxylic acids is 1. The van der Waals surface area contributed by atoms with Gasteiger partial charge < -0.3 is 21.5 Å². The average Bonchev–Trinajstić information content (AvgIpc) is 2.26. The van der Waals surface area contributed by atoms with Gasteiger partial charge in [0.15, 0.2) is 0 Å². The summed E-state index contributed by atoms with van der Waals surface area (Å²) in [6, 6.07) is -2.50. The fraction of sp³-hybridized carbons (Fsp3) is 0.750. The van der Waals surface area contributed by atoms with E-state index < -0.39 is 35.9 Å². The molecule has 5 N–H and O–H groups in total. The quantitative estimate of drug-likeness (QED) is 0.496. The zero-order valence-corrected chi connectivity index (χ0v) is 11.8. The lowest BCUT2D eigenvalue weighted by Gasteiger charge is -2.20. The van der Waals surface area contributed by atoms with Crippen LogP contribution in [0.15, 0.2) is 0 Å². The highest BCUT2D eigenvalue weighted by molar-refractivity contribution is 5.91. The molecule has 3 atom stereocenters. The van der Waals surface area contributed by atoms with E-state index >= 15 is 0 Å². The van der Waals surface area contributed by atoms with Crippen molar-refractivity contribution in [2.45, 2.75) is 52.2 Å². The molecule has 0 bridgehead atoms. The smallest absolute Gasteiger partial charge is 0.326 e. The second-order valence-corrected chi connectivity index (χ2v) is 5.05. The van der Waals surface area contributed by atoms with E-state index in [1.54, 1.807) is 0 Å². The predicted molar refractivity (Wildman–Crippen MR) is 70.3 cm³/mol. The maximum Gasteiger partial charge on any atom is 0.326 e. The van der Waals surface area contributed by atoms with Crippen molar-refractivity contribution in [1.82, 2.24) is 10.6 Å². The third kappa shape index (κ3) is 6.76. The van der Waals surface area contributed by atoms with E-state index in [4.69, 9.17) is 10.8 Å². The number of nitrogens with one attached hydrogen (secondary N) is 2. The van der Waals surface area contributed by atoms with E-state index in [0.717, 1.165) is 0 Å². The summed E-state index contributed by atoms with van der Waals surface area (Å²) >= 11 is 0. The number of aliphatic carboxylic acids is 1. The summed E-state index contributed by atoms with van der Waals surface area (Å²) in [5.74, 6) is -1.96. The zero-order chi connectivity index (χ0) is 15.2. The van der Waals surface area contributed by atoms with Gasteiger partial charge in [0, 0.05) is 0 Å². The highest BCUT2D eigenvalue weighted by Crippen LogP contribution is 2.05. The molecule has 0 aromatic rings. The molecule has 0 aliphatic rings. The van der Waals surface area contributed by atoms with Crippen molar-refractivity contribution in [2.24, 2.45) is 11.7 Å². The number of amides is 2. The third-order valence-electron chi connectivity index (χ3n) is 2.49. The first-order valence-electron chi connectivity index (χ1n) is 6.24. The Hall–Kier alpha value is -1.63. The zero-order valence-electron chi connectivity index (χ0n) is 11.8. The monoisotopic (exact) mass is 273 g/mol. The topological polar surface area (TPSA) is 122 Å². The van der Waals surface area contributed by atoms with E-state index in [9.17, 15) is 14.4 Å². The van der Waals surface area contributed by atoms with Crippen molar-refractivity contribution in [1.29, 1.82) is 0 Å². The molecule has 2 amide bonds. The van der Waals surface area contributed by atoms with Crippen molar-refractivity contribution in [3.63, 3.8) is 0 Å². The van der Waals surface area contributed by atoms with Crippen LogP contribution in [0.1, 0.15) is 34.1 Å². The number of carbonyl (C=O) groups is 3. The molecule has 0 saturated carbocycles. The van der Waals surface area contributed by atoms with Gasteiger partial charge in [0.2, 0.25) is 11.8 Å². The Morgan fingerprint density at radius 2 is 1.58 bits per heavy atom. The molecule has 0 aromatic carbocycles. The van der Waals surface area contributed by atoms with Crippen molar-refractivity contribution in [3.8, 4) is 0 Å². The lowest BCUT2D eigenvalue weighted by atomic mass is 10.0. The van der Waals surface area contributed by atoms with Gasteiger partial charge in [-0.05, 0) is 26.2 Å². The number of nitrogens with two attached hydrogens (primary N) is 1. The molecule has 7 nitrogen and oxygen atoms in total. The Kier molecular flexibility index (Phi) is 7.06. The summed E-state index contributed by atoms with van der Waals surface area (Å²) in [6.07, 6.45) is 0.328. The molecule has 0 aliphatic carbocycles. The Morgan fingerprint density at radius 1 is 1.05 bits per heavy atom. The highest BCUT2D eigenvalue weighted by Gasteiger charge is 2.24. The predicted octanol–water partition coefficient (Wildman–Crippen LogP) is -0.546. The van der Waals surface area contributed by atoms with E-state index in [2.05, 4.69) is 10.6 Å². The maximum absolute atomic E-state index is 11.8. The molecule has 0 fully saturated rings. The van der Waals surface area contributed by atoms with Crippen molar-refractivity contribution >= 4 is 17.8 Å². The second-order valence-electron chi connectivity index (χ2n) is 5.05. The summed E-state index contributed by atoms with van der Waals surface area (Å²) in [5.41, 5.74) is 5.36. The minimum atomic E-state index is -1.09. The average molecular weight is 273 g/mol. The van der Waals surface area contributed by atoms with Gasteiger partial charge in [0.25, 0.3) is 0 Å². The lowest BCUT2D eigenvalue weighted by molar-refractivity contribution is -0.142. The van der Waals surface area contributed by atoms with Gasteiger partial charge in [0.05, 0.1) is 6.04 Å². The second kappa shape index (κ2) is 7.73. The normalized spacial score (nSPS) is 15.5. The van der Waals surface area contributed by atoms with Crippen LogP contribution in [0.4, 0.5) is 0 Å². The van der Waals surface area contributed by atoms with Crippen LogP contribution in [0.25, 0.3) is 0 Å². The molecule has 0 rings (SSSR count). The number of rotatable bonds is 7. The van der Waals surface area contributed by atoms with Gasteiger partial charge >= 0.3 is 5.97 Å². The van der Waals surface area contributed by atoms with E-state index in [0.29, 0.717) is 6.42 Å². The maximum atomic E-state index is 11.8. The number of carbonyl (C=O) groups excluding carboxylic acids is 2. The Labute approximate surface area is 112 Å². The van der Waals surface area contributed by atoms with Gasteiger partial charge in [-0.25, -0.2) is 4.79 Å². The molecule has 0 aromatic heterocycles. The van der Waals surface area contributed by atoms with Crippen LogP contribution < -0.4 is 16.4 Å². The summed E-state index contributed by atoms with van der Waals surface area (Å²) in [7, 11) is 0. The van der Waals surface area contributed by atoms with Gasteiger partial charge in [-0.15, -0.1) is 0 Å². The minimum Gasteiger partial charge on any atom is -0.480 e. The number of hydrogen-bond donors (Lipinski definition) is 4. The lowest BCUT2D eigenvalue weighted by Crippen LogP contribution is -2.53. The summed E-state index contributed by atoms with van der Waals surface area (Å²) in [5, 5.41) is 13.8. The van der Waals surface area contributed by atoms with Crippen molar-refractivity contribution in [2.75, 3.05) is 0 Å². The van der Waals surface area contributed by atoms with Crippen molar-refractivity contribution in [3.05, 3.63) is 0 Å². The fourth-order valence-electron chi connectivity index (χ4n) is 1.40. The molecular weight excluding hydrogens is 250 g/mol. The van der Waals surface area contributed by atoms with Crippen LogP contribution in [-0.4, -0.2) is 41.0 Å². The summed E-state index contributed by atoms with van der Waals surface area (Å²) in [4.78, 5) is 34.1. The standard InChI is InChI=1S/C12H23N3O4/c1-6(2)5-9(12(18)19)15-11(17)8(4)14-10(16)7(3)13/h6-9H,5,13H2,1-4H3,(H,14,16)(H,15,17)(H,18,19)/t7-,8-,9-/m0/s1. The molecule has 7 heteroatoms. The van der Waals surface area contributed by atoms with Crippen LogP contribution in [0.3, 0.4) is 0 Å². The van der Waals surface area contributed by atoms with Crippen molar-refractivity contribution < 1.29 is 19.5 Å². The Morgan fingerprint density at radius 3 is 1.95 bits per heavy atom. The molecule has 0 unspecified atom stereocenters. The number of hydrogen-bond acceptors (Lipinski definition) is 4. The van der Waals surface area contributed by atoms with E-state index in [1.807, 2.05) is 13.8 Å². The molecule has 0 saturated heterocycles. The van der Waals surface area contributed by atoms with Crippen LogP contribution in [0.2, 0.25) is 0 Å². The van der Waals surface area contributed by atoms with Gasteiger partial charge in [-0.3, -0.25) is 9.59 Å². The molecule has 0 aliphatic heterocycles. The Bertz CT molecular complexity index is 342. The third-order valence-corrected chi connectivity index (χ3v) is 2.49. The van der Waals surface area contributed by atoms with Gasteiger partial charge in [-0.1, -0.05) is 13.8 Å². The highest BCUT2D eigenvalue weighted by atomic mass is 16.4. The molecular formula is C12H23N3O4. The molecule has 110 valence electrons. The van der Waals surface area contributed by atoms with E-state index in [1.165, 1.54) is 13.8 Å². The van der Waals surface area contributed by atoms with Crippen LogP contribution in [0, 0.1) is 5.92 Å². The molecule has 0 heterocycles. The van der Waals surface area contributed by atoms with Gasteiger partial charge in [-0.2, -0.15) is 0 Å². The summed E-state index contributed by atoms with van der Waals surface area (Å²) in [6.45, 7) is 6.70. The first-order valence-corrected chi connectivity index (χ1v) is 6.24. The van der Waals surface area contributed by atoms with Crippen LogP contribution in [-0.2, 0) is 14.4 Å². The first kappa shape index (κ1) is 17.4. The SMILES string of the molecule is CC(C)C[C@H](NC(=O)[C@H](C)NC(=O)[C@H](C)N)C(=O)O.